The molecule has 114 valence electrons. The molecular formula is C15H26N2O3. The van der Waals surface area contributed by atoms with Gasteiger partial charge in [-0.1, -0.05) is 5.92 Å². The molecule has 0 unspecified atom stereocenters. The summed E-state index contributed by atoms with van der Waals surface area (Å²) in [5.41, 5.74) is -0.486. The summed E-state index contributed by atoms with van der Waals surface area (Å²) in [4.78, 5) is 14.0. The van der Waals surface area contributed by atoms with Gasteiger partial charge in [0.25, 0.3) is 0 Å². The Bertz CT molecular complexity index is 379. The highest BCUT2D eigenvalue weighted by molar-refractivity contribution is 5.68. The van der Waals surface area contributed by atoms with Crippen molar-refractivity contribution in [3.63, 3.8) is 0 Å². The molecule has 0 aromatic heterocycles. The van der Waals surface area contributed by atoms with E-state index in [0.717, 1.165) is 19.6 Å². The van der Waals surface area contributed by atoms with Gasteiger partial charge in [-0.2, -0.15) is 0 Å². The molecule has 5 heteroatoms. The lowest BCUT2D eigenvalue weighted by Gasteiger charge is -2.35. The van der Waals surface area contributed by atoms with Gasteiger partial charge in [-0.3, -0.25) is 4.90 Å². The third kappa shape index (κ3) is 6.27. The van der Waals surface area contributed by atoms with Crippen LogP contribution in [-0.2, 0) is 9.47 Å². The molecule has 0 radical (unpaired) electrons. The summed E-state index contributed by atoms with van der Waals surface area (Å²) >= 11 is 0. The lowest BCUT2D eigenvalue weighted by atomic mass is 10.1. The van der Waals surface area contributed by atoms with E-state index in [-0.39, 0.29) is 12.1 Å². The highest BCUT2D eigenvalue weighted by Gasteiger charge is 2.27. The zero-order valence-electron chi connectivity index (χ0n) is 13.2. The van der Waals surface area contributed by atoms with E-state index in [4.69, 9.17) is 9.47 Å². The predicted molar refractivity (Wildman–Crippen MR) is 78.5 cm³/mol. The Kier molecular flexibility index (Phi) is 6.31. The summed E-state index contributed by atoms with van der Waals surface area (Å²) in [5.74, 6) is 5.95. The highest BCUT2D eigenvalue weighted by Crippen LogP contribution is 2.11. The van der Waals surface area contributed by atoms with Gasteiger partial charge in [-0.15, -0.1) is 5.92 Å². The van der Waals surface area contributed by atoms with Crippen LogP contribution >= 0.6 is 0 Å². The zero-order valence-corrected chi connectivity index (χ0v) is 13.2. The van der Waals surface area contributed by atoms with Crippen molar-refractivity contribution in [3.05, 3.63) is 0 Å². The van der Waals surface area contributed by atoms with Crippen molar-refractivity contribution in [2.24, 2.45) is 0 Å². The van der Waals surface area contributed by atoms with Gasteiger partial charge >= 0.3 is 6.09 Å². The molecule has 1 aliphatic rings. The van der Waals surface area contributed by atoms with E-state index < -0.39 is 11.7 Å². The summed E-state index contributed by atoms with van der Waals surface area (Å²) in [7, 11) is 0. The zero-order chi connectivity index (χ0) is 15.2. The van der Waals surface area contributed by atoms with Gasteiger partial charge < -0.3 is 14.8 Å². The first-order chi connectivity index (χ1) is 9.31. The molecule has 1 saturated heterocycles. The molecule has 5 nitrogen and oxygen atoms in total. The molecule has 1 heterocycles. The Morgan fingerprint density at radius 1 is 1.55 bits per heavy atom. The first kappa shape index (κ1) is 16.8. The minimum Gasteiger partial charge on any atom is -0.444 e. The summed E-state index contributed by atoms with van der Waals surface area (Å²) in [6.07, 6.45) is -0.436. The molecular weight excluding hydrogens is 256 g/mol. The quantitative estimate of drug-likeness (QED) is 0.799. The lowest BCUT2D eigenvalue weighted by molar-refractivity contribution is -0.0410. The maximum absolute atomic E-state index is 11.7. The van der Waals surface area contributed by atoms with E-state index in [9.17, 15) is 4.79 Å². The predicted octanol–water partition coefficient (Wildman–Crippen LogP) is 1.62. The van der Waals surface area contributed by atoms with E-state index in [1.807, 2.05) is 34.6 Å². The number of hydrogen-bond donors (Lipinski definition) is 1. The normalized spacial score (nSPS) is 21.6. The van der Waals surface area contributed by atoms with Crippen molar-refractivity contribution in [1.29, 1.82) is 0 Å². The Balaban J connectivity index is 2.43. The molecule has 0 aliphatic carbocycles. The van der Waals surface area contributed by atoms with Crippen LogP contribution in [0, 0.1) is 11.8 Å². The fraction of sp³-hybridized carbons (Fsp3) is 0.800. The number of rotatable bonds is 3. The van der Waals surface area contributed by atoms with Crippen LogP contribution in [0.15, 0.2) is 0 Å². The van der Waals surface area contributed by atoms with Gasteiger partial charge in [0.2, 0.25) is 0 Å². The summed E-state index contributed by atoms with van der Waals surface area (Å²) in [5, 5.41) is 2.83. The average Bonchev–Trinajstić information content (AvgIpc) is 2.34. The molecule has 2 atom stereocenters. The monoisotopic (exact) mass is 282 g/mol. The summed E-state index contributed by atoms with van der Waals surface area (Å²) in [6.45, 7) is 12.4. The van der Waals surface area contributed by atoms with Crippen LogP contribution in [-0.4, -0.2) is 55.0 Å². The topological polar surface area (TPSA) is 50.8 Å². The minimum absolute atomic E-state index is 0.0325. The number of amides is 1. The Labute approximate surface area is 122 Å². The van der Waals surface area contributed by atoms with Gasteiger partial charge in [0.15, 0.2) is 0 Å². The van der Waals surface area contributed by atoms with E-state index in [1.54, 1.807) is 0 Å². The van der Waals surface area contributed by atoms with Crippen LogP contribution in [0.25, 0.3) is 0 Å². The van der Waals surface area contributed by atoms with Gasteiger partial charge in [0, 0.05) is 13.1 Å². The third-order valence-electron chi connectivity index (χ3n) is 2.96. The molecule has 20 heavy (non-hydrogen) atoms. The van der Waals surface area contributed by atoms with Gasteiger partial charge in [0.05, 0.1) is 25.3 Å². The number of ether oxygens (including phenoxy) is 2. The largest absolute Gasteiger partial charge is 0.444 e. The molecule has 0 aromatic rings. The molecule has 1 aliphatic heterocycles. The number of morpholine rings is 1. The van der Waals surface area contributed by atoms with Crippen molar-refractivity contribution in [2.45, 2.75) is 52.4 Å². The molecule has 1 amide bonds. The van der Waals surface area contributed by atoms with Crippen molar-refractivity contribution < 1.29 is 14.3 Å². The van der Waals surface area contributed by atoms with Gasteiger partial charge in [-0.05, 0) is 34.6 Å². The fourth-order valence-electron chi connectivity index (χ4n) is 1.95. The van der Waals surface area contributed by atoms with E-state index in [2.05, 4.69) is 22.1 Å². The first-order valence-electron chi connectivity index (χ1n) is 7.05. The Morgan fingerprint density at radius 2 is 2.25 bits per heavy atom. The van der Waals surface area contributed by atoms with E-state index in [1.165, 1.54) is 0 Å². The Hall–Kier alpha value is -1.25. The van der Waals surface area contributed by atoms with Crippen molar-refractivity contribution in [3.8, 4) is 11.8 Å². The first-order valence-corrected chi connectivity index (χ1v) is 7.05. The molecule has 1 N–H and O–H groups in total. The van der Waals surface area contributed by atoms with Crippen LogP contribution in [0.4, 0.5) is 4.79 Å². The molecule has 0 spiro atoms. The third-order valence-corrected chi connectivity index (χ3v) is 2.96. The number of alkyl carbamates (subject to hydrolysis) is 1. The smallest absolute Gasteiger partial charge is 0.407 e. The number of carbonyl (C=O) groups excluding carboxylic acids is 1. The number of carbonyl (C=O) groups is 1. The molecule has 0 saturated carbocycles. The van der Waals surface area contributed by atoms with Crippen LogP contribution in [0.5, 0.6) is 0 Å². The second-order valence-corrected chi connectivity index (χ2v) is 6.01. The maximum atomic E-state index is 11.7. The van der Waals surface area contributed by atoms with Crippen LogP contribution in [0.3, 0.4) is 0 Å². The van der Waals surface area contributed by atoms with Crippen molar-refractivity contribution in [1.82, 2.24) is 10.2 Å². The second kappa shape index (κ2) is 7.51. The van der Waals surface area contributed by atoms with Crippen LogP contribution < -0.4 is 5.32 Å². The SMILES string of the molecule is CC#CCN1CCO[C@@H]([C@@H](C)NC(=O)OC(C)(C)C)C1. The second-order valence-electron chi connectivity index (χ2n) is 6.01. The fourth-order valence-corrected chi connectivity index (χ4v) is 1.95. The van der Waals surface area contributed by atoms with Crippen LogP contribution in [0.1, 0.15) is 34.6 Å². The van der Waals surface area contributed by atoms with E-state index >= 15 is 0 Å². The summed E-state index contributed by atoms with van der Waals surface area (Å²) in [6, 6.07) is -0.0952. The molecule has 0 aromatic carbocycles. The van der Waals surface area contributed by atoms with Gasteiger partial charge in [-0.25, -0.2) is 4.79 Å². The molecule has 1 fully saturated rings. The minimum atomic E-state index is -0.486. The molecule has 0 bridgehead atoms. The summed E-state index contributed by atoms with van der Waals surface area (Å²) < 4.78 is 11.0. The molecule has 1 rings (SSSR count). The maximum Gasteiger partial charge on any atom is 0.407 e. The Morgan fingerprint density at radius 3 is 2.85 bits per heavy atom. The van der Waals surface area contributed by atoms with Crippen molar-refractivity contribution >= 4 is 6.09 Å². The van der Waals surface area contributed by atoms with Gasteiger partial charge in [0.1, 0.15) is 5.60 Å². The highest BCUT2D eigenvalue weighted by atomic mass is 16.6. The van der Waals surface area contributed by atoms with E-state index in [0.29, 0.717) is 6.61 Å². The average molecular weight is 282 g/mol. The lowest BCUT2D eigenvalue weighted by Crippen LogP contribution is -2.52. The van der Waals surface area contributed by atoms with Crippen LogP contribution in [0.2, 0.25) is 0 Å². The number of nitrogens with one attached hydrogen (secondary N) is 1. The number of hydrogen-bond acceptors (Lipinski definition) is 4. The standard InChI is InChI=1S/C15H26N2O3/c1-6-7-8-17-9-10-19-13(11-17)12(2)16-14(18)20-15(3,4)5/h12-13H,8-11H2,1-5H3,(H,16,18)/t12-,13-/m1/s1. The number of nitrogens with zero attached hydrogens (tertiary/aromatic N) is 1. The van der Waals surface area contributed by atoms with Crippen molar-refractivity contribution in [2.75, 3.05) is 26.2 Å².